The lowest BCUT2D eigenvalue weighted by Crippen LogP contribution is -2.12. The van der Waals surface area contributed by atoms with Gasteiger partial charge in [-0.1, -0.05) is 6.07 Å². The van der Waals surface area contributed by atoms with Crippen molar-refractivity contribution in [2.45, 2.75) is 17.7 Å². The molecular weight excluding hydrogens is 293 g/mol. The summed E-state index contributed by atoms with van der Waals surface area (Å²) < 4.78 is 63.7. The molecule has 0 bridgehead atoms. The van der Waals surface area contributed by atoms with Gasteiger partial charge in [0.2, 0.25) is 15.8 Å². The second kappa shape index (κ2) is 5.20. The van der Waals surface area contributed by atoms with Gasteiger partial charge in [-0.3, -0.25) is 0 Å². The minimum Gasteiger partial charge on any atom is -0.239 e. The molecule has 2 heterocycles. The molecule has 0 amide bonds. The molecule has 0 saturated heterocycles. The normalized spacial score (nSPS) is 11.6. The third-order valence-electron chi connectivity index (χ3n) is 2.58. The Kier molecular flexibility index (Phi) is 3.76. The highest BCUT2D eigenvalue weighted by Gasteiger charge is 2.25. The number of sulfone groups is 1. The van der Waals surface area contributed by atoms with Gasteiger partial charge >= 0.3 is 0 Å². The van der Waals surface area contributed by atoms with Crippen molar-refractivity contribution in [2.75, 3.05) is 0 Å². The first-order valence-corrected chi connectivity index (χ1v) is 7.11. The molecule has 0 radical (unpaired) electrons. The van der Waals surface area contributed by atoms with Crippen molar-refractivity contribution in [3.05, 3.63) is 53.2 Å². The Bertz CT molecular complexity index is 763. The lowest BCUT2D eigenvalue weighted by atomic mass is 10.3. The van der Waals surface area contributed by atoms with Crippen molar-refractivity contribution in [2.24, 2.45) is 0 Å². The molecule has 0 aliphatic heterocycles. The Labute approximate surface area is 113 Å². The maximum absolute atomic E-state index is 13.8. The summed E-state index contributed by atoms with van der Waals surface area (Å²) in [5.41, 5.74) is -0.529. The number of hydrogen-bond donors (Lipinski definition) is 0. The SMILES string of the molecule is Cc1c(F)cnc(S(=O)(=O)Cc2cccc(F)n2)c1F. The minimum atomic E-state index is -4.18. The highest BCUT2D eigenvalue weighted by atomic mass is 32.2. The molecule has 2 aromatic heterocycles. The molecule has 4 nitrogen and oxygen atoms in total. The number of nitrogens with zero attached hydrogens (tertiary/aromatic N) is 2. The molecule has 0 aromatic carbocycles. The topological polar surface area (TPSA) is 59.9 Å². The van der Waals surface area contributed by atoms with Gasteiger partial charge in [0, 0.05) is 5.56 Å². The number of halogens is 3. The molecule has 0 saturated carbocycles. The van der Waals surface area contributed by atoms with Crippen molar-refractivity contribution >= 4 is 9.84 Å². The smallest absolute Gasteiger partial charge is 0.213 e. The van der Waals surface area contributed by atoms with Gasteiger partial charge in [-0.2, -0.15) is 4.39 Å². The zero-order valence-corrected chi connectivity index (χ0v) is 11.1. The van der Waals surface area contributed by atoms with E-state index in [-0.39, 0.29) is 5.69 Å². The van der Waals surface area contributed by atoms with Crippen LogP contribution in [0.25, 0.3) is 0 Å². The monoisotopic (exact) mass is 302 g/mol. The Morgan fingerprint density at radius 3 is 2.55 bits per heavy atom. The summed E-state index contributed by atoms with van der Waals surface area (Å²) in [6.45, 7) is 1.10. The molecule has 2 rings (SSSR count). The summed E-state index contributed by atoms with van der Waals surface area (Å²) >= 11 is 0. The first-order valence-electron chi connectivity index (χ1n) is 5.46. The van der Waals surface area contributed by atoms with E-state index in [1.54, 1.807) is 0 Å². The van der Waals surface area contributed by atoms with E-state index >= 15 is 0 Å². The van der Waals surface area contributed by atoms with E-state index in [1.807, 2.05) is 0 Å². The largest absolute Gasteiger partial charge is 0.239 e. The zero-order valence-electron chi connectivity index (χ0n) is 10.3. The molecule has 0 fully saturated rings. The van der Waals surface area contributed by atoms with Gasteiger partial charge in [-0.05, 0) is 19.1 Å². The fourth-order valence-corrected chi connectivity index (χ4v) is 2.87. The van der Waals surface area contributed by atoms with E-state index in [0.29, 0.717) is 6.20 Å². The van der Waals surface area contributed by atoms with Crippen LogP contribution in [0.3, 0.4) is 0 Å². The van der Waals surface area contributed by atoms with Gasteiger partial charge < -0.3 is 0 Å². The minimum absolute atomic E-state index is 0.0896. The molecule has 0 N–H and O–H groups in total. The Morgan fingerprint density at radius 1 is 1.20 bits per heavy atom. The van der Waals surface area contributed by atoms with Crippen molar-refractivity contribution in [1.82, 2.24) is 9.97 Å². The number of hydrogen-bond acceptors (Lipinski definition) is 4. The average molecular weight is 302 g/mol. The Morgan fingerprint density at radius 2 is 1.90 bits per heavy atom. The standard InChI is InChI=1S/C12H9F3N2O2S/c1-7-9(13)5-16-12(11(7)15)20(18,19)6-8-3-2-4-10(14)17-8/h2-5H,6H2,1H3. The Balaban J connectivity index is 2.44. The van der Waals surface area contributed by atoms with Gasteiger partial charge in [-0.25, -0.2) is 27.2 Å². The van der Waals surface area contributed by atoms with Crippen LogP contribution in [0.2, 0.25) is 0 Å². The summed E-state index contributed by atoms with van der Waals surface area (Å²) in [7, 11) is -4.18. The third-order valence-corrected chi connectivity index (χ3v) is 4.13. The third kappa shape index (κ3) is 2.79. The second-order valence-corrected chi connectivity index (χ2v) is 5.97. The molecule has 20 heavy (non-hydrogen) atoms. The number of aromatic nitrogens is 2. The number of pyridine rings is 2. The molecule has 2 aromatic rings. The lowest BCUT2D eigenvalue weighted by molar-refractivity contribution is 0.518. The van der Waals surface area contributed by atoms with Gasteiger partial charge in [0.15, 0.2) is 10.8 Å². The summed E-state index contributed by atoms with van der Waals surface area (Å²) in [6, 6.07) is 3.62. The summed E-state index contributed by atoms with van der Waals surface area (Å²) in [5.74, 6) is -3.76. The Hall–Kier alpha value is -1.96. The number of rotatable bonds is 3. The van der Waals surface area contributed by atoms with E-state index < -0.39 is 43.8 Å². The summed E-state index contributed by atoms with van der Waals surface area (Å²) in [4.78, 5) is 6.65. The average Bonchev–Trinajstić information content (AvgIpc) is 2.35. The van der Waals surface area contributed by atoms with Crippen LogP contribution in [-0.4, -0.2) is 18.4 Å². The van der Waals surface area contributed by atoms with E-state index in [4.69, 9.17) is 0 Å². The van der Waals surface area contributed by atoms with Gasteiger partial charge in [-0.15, -0.1) is 0 Å². The summed E-state index contributed by atoms with van der Waals surface area (Å²) in [5, 5.41) is -0.873. The van der Waals surface area contributed by atoms with Crippen LogP contribution >= 0.6 is 0 Å². The van der Waals surface area contributed by atoms with E-state index in [2.05, 4.69) is 9.97 Å². The first-order chi connectivity index (χ1) is 9.31. The summed E-state index contributed by atoms with van der Waals surface area (Å²) in [6.07, 6.45) is 0.629. The molecular formula is C12H9F3N2O2S. The predicted molar refractivity (Wildman–Crippen MR) is 64.0 cm³/mol. The molecule has 0 aliphatic rings. The fraction of sp³-hybridized carbons (Fsp3) is 0.167. The van der Waals surface area contributed by atoms with Crippen LogP contribution in [0.15, 0.2) is 29.4 Å². The van der Waals surface area contributed by atoms with Gasteiger partial charge in [0.1, 0.15) is 5.82 Å². The fourth-order valence-electron chi connectivity index (χ4n) is 1.54. The van der Waals surface area contributed by atoms with Crippen molar-refractivity contribution < 1.29 is 21.6 Å². The lowest BCUT2D eigenvalue weighted by Gasteiger charge is -2.06. The highest BCUT2D eigenvalue weighted by Crippen LogP contribution is 2.20. The van der Waals surface area contributed by atoms with Crippen LogP contribution in [0.5, 0.6) is 0 Å². The second-order valence-electron chi connectivity index (χ2n) is 4.06. The van der Waals surface area contributed by atoms with Crippen LogP contribution in [-0.2, 0) is 15.6 Å². The van der Waals surface area contributed by atoms with Gasteiger partial charge in [0.05, 0.1) is 17.6 Å². The first kappa shape index (κ1) is 14.4. The van der Waals surface area contributed by atoms with E-state index in [9.17, 15) is 21.6 Å². The van der Waals surface area contributed by atoms with Crippen LogP contribution < -0.4 is 0 Å². The molecule has 0 unspecified atom stereocenters. The van der Waals surface area contributed by atoms with Gasteiger partial charge in [0.25, 0.3) is 0 Å². The zero-order chi connectivity index (χ0) is 14.9. The van der Waals surface area contributed by atoms with Crippen molar-refractivity contribution in [3.8, 4) is 0 Å². The maximum atomic E-state index is 13.8. The molecule has 0 spiro atoms. The van der Waals surface area contributed by atoms with Crippen molar-refractivity contribution in [1.29, 1.82) is 0 Å². The quantitative estimate of drug-likeness (QED) is 0.815. The van der Waals surface area contributed by atoms with Crippen LogP contribution in [0, 0.1) is 24.5 Å². The molecule has 8 heteroatoms. The van der Waals surface area contributed by atoms with E-state index in [0.717, 1.165) is 13.0 Å². The van der Waals surface area contributed by atoms with E-state index in [1.165, 1.54) is 12.1 Å². The van der Waals surface area contributed by atoms with Crippen molar-refractivity contribution in [3.63, 3.8) is 0 Å². The molecule has 106 valence electrons. The predicted octanol–water partition coefficient (Wildman–Crippen LogP) is 2.18. The molecule has 0 atom stereocenters. The molecule has 0 aliphatic carbocycles. The maximum Gasteiger partial charge on any atom is 0.213 e. The highest BCUT2D eigenvalue weighted by molar-refractivity contribution is 7.90. The van der Waals surface area contributed by atoms with Crippen LogP contribution in [0.4, 0.5) is 13.2 Å². The van der Waals surface area contributed by atoms with Crippen LogP contribution in [0.1, 0.15) is 11.3 Å².